The molecule has 0 saturated carbocycles. The van der Waals surface area contributed by atoms with Crippen LogP contribution in [0.3, 0.4) is 0 Å². The molecule has 236 valence electrons. The quantitative estimate of drug-likeness (QED) is 0.0895. The van der Waals surface area contributed by atoms with Gasteiger partial charge in [0.25, 0.3) is 0 Å². The molecule has 4 rings (SSSR count). The van der Waals surface area contributed by atoms with Crippen molar-refractivity contribution in [1.29, 1.82) is 0 Å². The highest BCUT2D eigenvalue weighted by atomic mass is 35.5. The summed E-state index contributed by atoms with van der Waals surface area (Å²) in [5, 5.41) is 30.6. The molecule has 2 N–H and O–H groups in total. The van der Waals surface area contributed by atoms with Crippen LogP contribution in [0.15, 0.2) is 61.7 Å². The number of aromatic nitrogens is 4. The summed E-state index contributed by atoms with van der Waals surface area (Å²) in [6.07, 6.45) is 2.78. The molecule has 46 heavy (non-hydrogen) atoms. The van der Waals surface area contributed by atoms with Crippen LogP contribution in [-0.2, 0) is 22.7 Å². The molecule has 0 amide bonds. The number of aryl methyl sites for hydroxylation is 2. The van der Waals surface area contributed by atoms with Crippen molar-refractivity contribution < 1.29 is 29.4 Å². The molecule has 0 fully saturated rings. The zero-order valence-corrected chi connectivity index (χ0v) is 27.3. The molecule has 0 bridgehead atoms. The van der Waals surface area contributed by atoms with Crippen molar-refractivity contribution in [2.24, 2.45) is 0 Å². The first-order chi connectivity index (χ1) is 21.7. The maximum Gasteiger partial charge on any atom is 0.338 e. The minimum absolute atomic E-state index is 0.0222. The van der Waals surface area contributed by atoms with Crippen molar-refractivity contribution in [2.45, 2.75) is 26.9 Å². The second-order valence-corrected chi connectivity index (χ2v) is 11.5. The van der Waals surface area contributed by atoms with Crippen molar-refractivity contribution in [3.63, 3.8) is 0 Å². The molecule has 14 heteroatoms. The van der Waals surface area contributed by atoms with Gasteiger partial charge in [0.1, 0.15) is 11.1 Å². The largest absolute Gasteiger partial charge is 0.478 e. The SMILES string of the molecule is C=CCn1nc(C)c(C(=O)c2ccc(Cl)cc2Cl)c1C(C(=O)O)=C(C(=O)O)c1c(C(=O)c2ccc(Cl)cc2Cl)c(C)nn1CC=C. The smallest absolute Gasteiger partial charge is 0.338 e. The number of nitrogens with zero attached hydrogens (tertiary/aromatic N) is 4. The number of carboxylic acids is 2. The number of hydrogen-bond acceptors (Lipinski definition) is 6. The normalized spacial score (nSPS) is 11.6. The topological polar surface area (TPSA) is 144 Å². The van der Waals surface area contributed by atoms with Gasteiger partial charge in [-0.3, -0.25) is 19.0 Å². The van der Waals surface area contributed by atoms with E-state index < -0.39 is 34.7 Å². The van der Waals surface area contributed by atoms with E-state index in [0.717, 1.165) is 9.36 Å². The highest BCUT2D eigenvalue weighted by Crippen LogP contribution is 2.37. The average molecular weight is 702 g/mol. The van der Waals surface area contributed by atoms with Crippen molar-refractivity contribution in [3.05, 3.63) is 127 Å². The van der Waals surface area contributed by atoms with E-state index in [-0.39, 0.29) is 78.2 Å². The number of carbonyl (C=O) groups excluding carboxylic acids is 2. The summed E-state index contributed by atoms with van der Waals surface area (Å²) in [4.78, 5) is 54.5. The van der Waals surface area contributed by atoms with E-state index in [1.54, 1.807) is 0 Å². The fourth-order valence-corrected chi connectivity index (χ4v) is 5.98. The first-order valence-electron chi connectivity index (χ1n) is 13.3. The van der Waals surface area contributed by atoms with Crippen LogP contribution in [-0.4, -0.2) is 53.3 Å². The molecule has 0 atom stereocenters. The summed E-state index contributed by atoms with van der Waals surface area (Å²) in [6, 6.07) is 8.25. The first kappa shape index (κ1) is 34.4. The Morgan fingerprint density at radius 2 is 1.04 bits per heavy atom. The molecule has 0 radical (unpaired) electrons. The molecule has 0 spiro atoms. The van der Waals surface area contributed by atoms with Crippen molar-refractivity contribution in [2.75, 3.05) is 0 Å². The molecule has 10 nitrogen and oxygen atoms in total. The predicted molar refractivity (Wildman–Crippen MR) is 176 cm³/mol. The number of aliphatic carboxylic acids is 2. The fourth-order valence-electron chi connectivity index (χ4n) is 4.99. The maximum absolute atomic E-state index is 14.0. The highest BCUT2D eigenvalue weighted by molar-refractivity contribution is 6.41. The summed E-state index contributed by atoms with van der Waals surface area (Å²) in [7, 11) is 0. The molecule has 0 aliphatic rings. The summed E-state index contributed by atoms with van der Waals surface area (Å²) >= 11 is 24.7. The van der Waals surface area contributed by atoms with Gasteiger partial charge in [0, 0.05) is 21.2 Å². The lowest BCUT2D eigenvalue weighted by Gasteiger charge is -2.16. The monoisotopic (exact) mass is 700 g/mol. The van der Waals surface area contributed by atoms with Crippen molar-refractivity contribution in [1.82, 2.24) is 19.6 Å². The minimum atomic E-state index is -1.73. The van der Waals surface area contributed by atoms with Gasteiger partial charge in [0.15, 0.2) is 11.6 Å². The van der Waals surface area contributed by atoms with Gasteiger partial charge in [-0.25, -0.2) is 9.59 Å². The lowest BCUT2D eigenvalue weighted by molar-refractivity contribution is -0.132. The lowest BCUT2D eigenvalue weighted by Crippen LogP contribution is -2.20. The Morgan fingerprint density at radius 1 is 0.696 bits per heavy atom. The Morgan fingerprint density at radius 3 is 1.33 bits per heavy atom. The van der Waals surface area contributed by atoms with Gasteiger partial charge in [-0.05, 0) is 50.2 Å². The zero-order valence-electron chi connectivity index (χ0n) is 24.3. The van der Waals surface area contributed by atoms with Crippen LogP contribution in [0.1, 0.15) is 54.6 Å². The molecule has 0 aliphatic heterocycles. The van der Waals surface area contributed by atoms with Gasteiger partial charge in [0.05, 0.1) is 57.0 Å². The van der Waals surface area contributed by atoms with Crippen LogP contribution in [0.5, 0.6) is 0 Å². The first-order valence-corrected chi connectivity index (χ1v) is 14.8. The van der Waals surface area contributed by atoms with Crippen LogP contribution < -0.4 is 0 Å². The van der Waals surface area contributed by atoms with E-state index in [1.165, 1.54) is 62.4 Å². The van der Waals surface area contributed by atoms with E-state index in [4.69, 9.17) is 46.4 Å². The molecule has 0 saturated heterocycles. The van der Waals surface area contributed by atoms with E-state index >= 15 is 0 Å². The predicted octanol–water partition coefficient (Wildman–Crippen LogP) is 7.22. The third-order valence-corrected chi connectivity index (χ3v) is 7.91. The fraction of sp³-hybridized carbons (Fsp3) is 0.125. The Hall–Kier alpha value is -4.48. The van der Waals surface area contributed by atoms with Gasteiger partial charge in [-0.15, -0.1) is 13.2 Å². The van der Waals surface area contributed by atoms with Crippen LogP contribution in [0.2, 0.25) is 20.1 Å². The number of carbonyl (C=O) groups is 4. The summed E-state index contributed by atoms with van der Waals surface area (Å²) in [5.41, 5.74) is -2.77. The van der Waals surface area contributed by atoms with Crippen molar-refractivity contribution >= 4 is 81.1 Å². The van der Waals surface area contributed by atoms with E-state index in [0.29, 0.717) is 0 Å². The van der Waals surface area contributed by atoms with E-state index in [2.05, 4.69) is 23.4 Å². The highest BCUT2D eigenvalue weighted by Gasteiger charge is 2.37. The third kappa shape index (κ3) is 6.43. The Balaban J connectivity index is 2.18. The van der Waals surface area contributed by atoms with Gasteiger partial charge < -0.3 is 10.2 Å². The second-order valence-electron chi connectivity index (χ2n) is 9.83. The number of benzene rings is 2. The van der Waals surface area contributed by atoms with Crippen LogP contribution in [0.4, 0.5) is 0 Å². The molecular weight excluding hydrogens is 678 g/mol. The molecule has 2 heterocycles. The van der Waals surface area contributed by atoms with E-state index in [9.17, 15) is 29.4 Å². The number of rotatable bonds is 12. The lowest BCUT2D eigenvalue weighted by atomic mass is 9.91. The molecule has 0 unspecified atom stereocenters. The molecular formula is C32H24Cl4N4O6. The number of ketones is 2. The minimum Gasteiger partial charge on any atom is -0.478 e. The Bertz CT molecular complexity index is 1870. The second kappa shape index (κ2) is 13.9. The van der Waals surface area contributed by atoms with Gasteiger partial charge in [0.2, 0.25) is 0 Å². The zero-order chi connectivity index (χ0) is 34.0. The number of hydrogen-bond donors (Lipinski definition) is 2. The molecule has 2 aromatic heterocycles. The number of allylic oxidation sites excluding steroid dienone is 2. The third-order valence-electron chi connectivity index (χ3n) is 6.82. The molecule has 4 aromatic rings. The summed E-state index contributed by atoms with van der Waals surface area (Å²) in [5.74, 6) is -4.95. The Kier molecular flexibility index (Phi) is 10.4. The summed E-state index contributed by atoms with van der Waals surface area (Å²) < 4.78 is 2.29. The van der Waals surface area contributed by atoms with E-state index in [1.807, 2.05) is 0 Å². The average Bonchev–Trinajstić information content (AvgIpc) is 3.45. The molecule has 0 aliphatic carbocycles. The van der Waals surface area contributed by atoms with Crippen LogP contribution in [0.25, 0.3) is 11.1 Å². The standard InChI is InChI=1S/C32H24Cl4N4O6/c1-5-11-39-27(23(15(3)37-39)29(41)19-9-7-17(33)13-21(19)35)25(31(43)44)26(32(45)46)28-24(16(4)38-40(28)12-6-2)30(42)20-10-8-18(34)14-22(20)36/h5-10,13-14H,1-2,11-12H2,3-4H3,(H,43,44)(H,45,46). The van der Waals surface area contributed by atoms with Gasteiger partial charge in [-0.1, -0.05) is 58.6 Å². The van der Waals surface area contributed by atoms with Crippen LogP contribution >= 0.6 is 46.4 Å². The summed E-state index contributed by atoms with van der Waals surface area (Å²) in [6.45, 7) is 10.1. The molecule has 2 aromatic carbocycles. The maximum atomic E-state index is 14.0. The number of carboxylic acid groups (broad SMARTS) is 2. The van der Waals surface area contributed by atoms with Gasteiger partial charge in [-0.2, -0.15) is 10.2 Å². The Labute approximate surface area is 282 Å². The van der Waals surface area contributed by atoms with Gasteiger partial charge >= 0.3 is 11.9 Å². The van der Waals surface area contributed by atoms with Crippen molar-refractivity contribution in [3.8, 4) is 0 Å². The van der Waals surface area contributed by atoms with Crippen LogP contribution in [0, 0.1) is 13.8 Å². The number of halogens is 4.